The van der Waals surface area contributed by atoms with Crippen LogP contribution in [0.1, 0.15) is 15.9 Å². The van der Waals surface area contributed by atoms with Crippen molar-refractivity contribution in [2.45, 2.75) is 12.5 Å². The molecule has 0 radical (unpaired) electrons. The molecule has 0 fully saturated rings. The molecule has 0 bridgehead atoms. The SMILES string of the molecule is NCC(Cc1ccccc1)NC(=O)c1ccc(O)cc1F. The first-order chi connectivity index (χ1) is 10.1. The molecule has 21 heavy (non-hydrogen) atoms. The molecule has 4 nitrogen and oxygen atoms in total. The van der Waals surface area contributed by atoms with Crippen molar-refractivity contribution in [2.24, 2.45) is 5.73 Å². The van der Waals surface area contributed by atoms with E-state index in [4.69, 9.17) is 10.8 Å². The van der Waals surface area contributed by atoms with Crippen LogP contribution >= 0.6 is 0 Å². The Morgan fingerprint density at radius 3 is 2.57 bits per heavy atom. The van der Waals surface area contributed by atoms with Crippen LogP contribution in [0.5, 0.6) is 5.75 Å². The van der Waals surface area contributed by atoms with Gasteiger partial charge in [0.25, 0.3) is 5.91 Å². The number of hydrogen-bond acceptors (Lipinski definition) is 3. The number of carbonyl (C=O) groups is 1. The van der Waals surface area contributed by atoms with E-state index in [9.17, 15) is 9.18 Å². The molecular formula is C16H17FN2O2. The number of carbonyl (C=O) groups excluding carboxylic acids is 1. The molecule has 0 saturated carbocycles. The standard InChI is InChI=1S/C16H17FN2O2/c17-15-9-13(20)6-7-14(15)16(21)19-12(10-18)8-11-4-2-1-3-5-11/h1-7,9,12,20H,8,10,18H2,(H,19,21). The first-order valence-electron chi connectivity index (χ1n) is 6.63. The second-order valence-electron chi connectivity index (χ2n) is 4.76. The monoisotopic (exact) mass is 288 g/mol. The Morgan fingerprint density at radius 2 is 1.95 bits per heavy atom. The largest absolute Gasteiger partial charge is 0.508 e. The average Bonchev–Trinajstić information content (AvgIpc) is 2.47. The maximum atomic E-state index is 13.6. The Morgan fingerprint density at radius 1 is 1.24 bits per heavy atom. The van der Waals surface area contributed by atoms with Gasteiger partial charge in [-0.1, -0.05) is 30.3 Å². The third kappa shape index (κ3) is 4.03. The molecule has 2 aromatic rings. The van der Waals surface area contributed by atoms with Gasteiger partial charge >= 0.3 is 0 Å². The number of phenolic OH excluding ortho intramolecular Hbond substituents is 1. The number of nitrogens with one attached hydrogen (secondary N) is 1. The maximum Gasteiger partial charge on any atom is 0.254 e. The van der Waals surface area contributed by atoms with Crippen molar-refractivity contribution >= 4 is 5.91 Å². The molecule has 0 saturated heterocycles. The van der Waals surface area contributed by atoms with Crippen LogP contribution in [0.4, 0.5) is 4.39 Å². The smallest absolute Gasteiger partial charge is 0.254 e. The lowest BCUT2D eigenvalue weighted by Gasteiger charge is -2.17. The van der Waals surface area contributed by atoms with Crippen LogP contribution < -0.4 is 11.1 Å². The predicted molar refractivity (Wildman–Crippen MR) is 78.5 cm³/mol. The van der Waals surface area contributed by atoms with Gasteiger partial charge in [0.1, 0.15) is 11.6 Å². The van der Waals surface area contributed by atoms with Gasteiger partial charge in [-0.2, -0.15) is 0 Å². The van der Waals surface area contributed by atoms with Crippen LogP contribution in [0.3, 0.4) is 0 Å². The minimum absolute atomic E-state index is 0.112. The summed E-state index contributed by atoms with van der Waals surface area (Å²) in [6.45, 7) is 0.250. The first-order valence-corrected chi connectivity index (χ1v) is 6.63. The normalized spacial score (nSPS) is 11.9. The van der Waals surface area contributed by atoms with E-state index in [-0.39, 0.29) is 23.9 Å². The quantitative estimate of drug-likeness (QED) is 0.785. The molecule has 0 aromatic heterocycles. The molecule has 0 aliphatic carbocycles. The third-order valence-electron chi connectivity index (χ3n) is 3.14. The van der Waals surface area contributed by atoms with Crippen molar-refractivity contribution in [3.63, 3.8) is 0 Å². The molecular weight excluding hydrogens is 271 g/mol. The fourth-order valence-corrected chi connectivity index (χ4v) is 2.04. The Bertz CT molecular complexity index is 617. The highest BCUT2D eigenvalue weighted by atomic mass is 19.1. The molecule has 0 aliphatic heterocycles. The number of hydrogen-bond donors (Lipinski definition) is 3. The Kier molecular flexibility index (Phi) is 4.90. The van der Waals surface area contributed by atoms with E-state index in [1.54, 1.807) is 0 Å². The topological polar surface area (TPSA) is 75.3 Å². The van der Waals surface area contributed by atoms with E-state index in [1.807, 2.05) is 30.3 Å². The number of rotatable bonds is 5. The Hall–Kier alpha value is -2.40. The van der Waals surface area contributed by atoms with E-state index in [1.165, 1.54) is 12.1 Å². The molecule has 2 rings (SSSR count). The molecule has 5 heteroatoms. The molecule has 0 heterocycles. The number of halogens is 1. The van der Waals surface area contributed by atoms with E-state index in [0.29, 0.717) is 6.42 Å². The van der Waals surface area contributed by atoms with Gasteiger partial charge in [-0.05, 0) is 24.1 Å². The lowest BCUT2D eigenvalue weighted by Crippen LogP contribution is -2.42. The van der Waals surface area contributed by atoms with Gasteiger partial charge in [0.15, 0.2) is 0 Å². The number of nitrogens with two attached hydrogens (primary N) is 1. The second kappa shape index (κ2) is 6.85. The van der Waals surface area contributed by atoms with Gasteiger partial charge in [-0.3, -0.25) is 4.79 Å². The lowest BCUT2D eigenvalue weighted by molar-refractivity contribution is 0.0934. The minimum atomic E-state index is -0.761. The van der Waals surface area contributed by atoms with Crippen LogP contribution in [0.15, 0.2) is 48.5 Å². The maximum absolute atomic E-state index is 13.6. The molecule has 2 aromatic carbocycles. The van der Waals surface area contributed by atoms with Gasteiger partial charge in [-0.15, -0.1) is 0 Å². The summed E-state index contributed by atoms with van der Waals surface area (Å²) >= 11 is 0. The summed E-state index contributed by atoms with van der Waals surface area (Å²) in [6, 6.07) is 12.7. The number of aromatic hydroxyl groups is 1. The summed E-state index contributed by atoms with van der Waals surface area (Å²) in [4.78, 5) is 12.0. The van der Waals surface area contributed by atoms with Crippen molar-refractivity contribution < 1.29 is 14.3 Å². The Labute approximate surface area is 122 Å². The van der Waals surface area contributed by atoms with Gasteiger partial charge in [-0.25, -0.2) is 4.39 Å². The summed E-state index contributed by atoms with van der Waals surface area (Å²) in [5.41, 5.74) is 6.59. The molecule has 1 amide bonds. The summed E-state index contributed by atoms with van der Waals surface area (Å²) in [5.74, 6) is -1.52. The molecule has 0 spiro atoms. The van der Waals surface area contributed by atoms with E-state index >= 15 is 0 Å². The summed E-state index contributed by atoms with van der Waals surface area (Å²) in [7, 11) is 0. The van der Waals surface area contributed by atoms with Gasteiger partial charge in [0.05, 0.1) is 5.56 Å². The highest BCUT2D eigenvalue weighted by molar-refractivity contribution is 5.94. The third-order valence-corrected chi connectivity index (χ3v) is 3.14. The number of amides is 1. The fraction of sp³-hybridized carbons (Fsp3) is 0.188. The van der Waals surface area contributed by atoms with Crippen LogP contribution in [-0.4, -0.2) is 23.6 Å². The van der Waals surface area contributed by atoms with Crippen LogP contribution in [0.25, 0.3) is 0 Å². The van der Waals surface area contributed by atoms with Gasteiger partial charge in [0.2, 0.25) is 0 Å². The summed E-state index contributed by atoms with van der Waals surface area (Å²) < 4.78 is 13.6. The summed E-state index contributed by atoms with van der Waals surface area (Å²) in [5, 5.41) is 11.9. The van der Waals surface area contributed by atoms with E-state index in [2.05, 4.69) is 5.32 Å². The highest BCUT2D eigenvalue weighted by Gasteiger charge is 2.16. The highest BCUT2D eigenvalue weighted by Crippen LogP contribution is 2.15. The summed E-state index contributed by atoms with van der Waals surface area (Å²) in [6.07, 6.45) is 0.572. The van der Waals surface area contributed by atoms with Crippen molar-refractivity contribution in [1.82, 2.24) is 5.32 Å². The van der Waals surface area contributed by atoms with E-state index < -0.39 is 11.7 Å². The van der Waals surface area contributed by atoms with E-state index in [0.717, 1.165) is 11.6 Å². The van der Waals surface area contributed by atoms with Crippen molar-refractivity contribution in [3.05, 3.63) is 65.5 Å². The van der Waals surface area contributed by atoms with Crippen molar-refractivity contribution in [3.8, 4) is 5.75 Å². The molecule has 110 valence electrons. The Balaban J connectivity index is 2.06. The van der Waals surface area contributed by atoms with Crippen LogP contribution in [0.2, 0.25) is 0 Å². The molecule has 4 N–H and O–H groups in total. The van der Waals surface area contributed by atoms with Crippen molar-refractivity contribution in [2.75, 3.05) is 6.54 Å². The zero-order valence-electron chi connectivity index (χ0n) is 11.4. The molecule has 1 atom stereocenters. The zero-order chi connectivity index (χ0) is 15.2. The lowest BCUT2D eigenvalue weighted by atomic mass is 10.1. The molecule has 1 unspecified atom stereocenters. The average molecular weight is 288 g/mol. The van der Waals surface area contributed by atoms with Gasteiger partial charge < -0.3 is 16.2 Å². The predicted octanol–water partition coefficient (Wildman–Crippen LogP) is 1.83. The fourth-order valence-electron chi connectivity index (χ4n) is 2.04. The zero-order valence-corrected chi connectivity index (χ0v) is 11.4. The minimum Gasteiger partial charge on any atom is -0.508 e. The number of benzene rings is 2. The number of phenols is 1. The molecule has 0 aliphatic rings. The van der Waals surface area contributed by atoms with Crippen molar-refractivity contribution in [1.29, 1.82) is 0 Å². The van der Waals surface area contributed by atoms with Gasteiger partial charge in [0, 0.05) is 18.7 Å². The second-order valence-corrected chi connectivity index (χ2v) is 4.76. The first kappa shape index (κ1) is 15.0. The van der Waals surface area contributed by atoms with Crippen LogP contribution in [-0.2, 0) is 6.42 Å². The van der Waals surface area contributed by atoms with Crippen LogP contribution in [0, 0.1) is 5.82 Å².